The van der Waals surface area contributed by atoms with Gasteiger partial charge < -0.3 is 14.6 Å². The highest BCUT2D eigenvalue weighted by Gasteiger charge is 2.20. The van der Waals surface area contributed by atoms with Crippen molar-refractivity contribution in [3.05, 3.63) is 0 Å². The fourth-order valence-corrected chi connectivity index (χ4v) is 2.58. The quantitative estimate of drug-likeness (QED) is 0.282. The number of ether oxygens (including phenoxy) is 2. The van der Waals surface area contributed by atoms with Gasteiger partial charge in [-0.15, -0.1) is 0 Å². The standard InChI is InChI=1S/C18H34O4/c1-16(19)14-22-18(20)13-11-9-7-5-3-2-4-6-8-10-12-17-15-21-17/h16-17,19H,2-15H2,1H3. The number of carbonyl (C=O) groups is 1. The van der Waals surface area contributed by atoms with Crippen molar-refractivity contribution < 1.29 is 19.4 Å². The van der Waals surface area contributed by atoms with Gasteiger partial charge in [0.1, 0.15) is 6.61 Å². The second kappa shape index (κ2) is 12.9. The van der Waals surface area contributed by atoms with E-state index in [1.54, 1.807) is 6.92 Å². The van der Waals surface area contributed by atoms with E-state index in [-0.39, 0.29) is 12.6 Å². The van der Waals surface area contributed by atoms with Gasteiger partial charge in [-0.05, 0) is 19.8 Å². The maximum atomic E-state index is 11.3. The molecule has 0 amide bonds. The van der Waals surface area contributed by atoms with E-state index < -0.39 is 6.10 Å². The molecule has 1 fully saturated rings. The zero-order valence-corrected chi connectivity index (χ0v) is 14.2. The van der Waals surface area contributed by atoms with Gasteiger partial charge in [0.2, 0.25) is 0 Å². The molecule has 0 aromatic carbocycles. The number of unbranched alkanes of at least 4 members (excludes halogenated alkanes) is 9. The Morgan fingerprint density at radius 2 is 1.55 bits per heavy atom. The number of esters is 1. The number of hydrogen-bond donors (Lipinski definition) is 1. The van der Waals surface area contributed by atoms with Crippen LogP contribution in [0.1, 0.15) is 84.0 Å². The molecule has 0 aromatic heterocycles. The fourth-order valence-electron chi connectivity index (χ4n) is 2.58. The molecule has 0 saturated carbocycles. The fraction of sp³-hybridized carbons (Fsp3) is 0.944. The average Bonchev–Trinajstić information content (AvgIpc) is 3.30. The molecule has 1 aliphatic rings. The third kappa shape index (κ3) is 13.1. The monoisotopic (exact) mass is 314 g/mol. The minimum absolute atomic E-state index is 0.118. The Morgan fingerprint density at radius 3 is 2.05 bits per heavy atom. The molecule has 1 rings (SSSR count). The van der Waals surface area contributed by atoms with Crippen LogP contribution in [-0.2, 0) is 14.3 Å². The van der Waals surface area contributed by atoms with Crippen LogP contribution in [0.4, 0.5) is 0 Å². The van der Waals surface area contributed by atoms with Crippen molar-refractivity contribution in [3.63, 3.8) is 0 Å². The van der Waals surface area contributed by atoms with Crippen molar-refractivity contribution in [3.8, 4) is 0 Å². The molecule has 0 bridgehead atoms. The van der Waals surface area contributed by atoms with Crippen LogP contribution in [0.5, 0.6) is 0 Å². The normalized spacial score (nSPS) is 18.2. The largest absolute Gasteiger partial charge is 0.463 e. The van der Waals surface area contributed by atoms with E-state index in [0.29, 0.717) is 12.5 Å². The van der Waals surface area contributed by atoms with Gasteiger partial charge in [-0.1, -0.05) is 57.8 Å². The summed E-state index contributed by atoms with van der Waals surface area (Å²) in [6.45, 7) is 2.74. The Bertz CT molecular complexity index is 274. The maximum absolute atomic E-state index is 11.3. The predicted molar refractivity (Wildman–Crippen MR) is 87.8 cm³/mol. The van der Waals surface area contributed by atoms with E-state index in [1.807, 2.05) is 0 Å². The van der Waals surface area contributed by atoms with E-state index >= 15 is 0 Å². The Morgan fingerprint density at radius 1 is 1.05 bits per heavy atom. The molecule has 4 heteroatoms. The topological polar surface area (TPSA) is 59.1 Å². The Labute approximate surface area is 135 Å². The molecule has 0 radical (unpaired) electrons. The molecular weight excluding hydrogens is 280 g/mol. The molecular formula is C18H34O4. The van der Waals surface area contributed by atoms with Crippen molar-refractivity contribution in [1.82, 2.24) is 0 Å². The van der Waals surface area contributed by atoms with Crippen molar-refractivity contribution in [2.75, 3.05) is 13.2 Å². The van der Waals surface area contributed by atoms with Gasteiger partial charge in [0.25, 0.3) is 0 Å². The van der Waals surface area contributed by atoms with Crippen molar-refractivity contribution in [2.45, 2.75) is 96.2 Å². The molecule has 2 atom stereocenters. The molecule has 0 aromatic rings. The number of aliphatic hydroxyl groups is 1. The molecule has 0 aliphatic carbocycles. The summed E-state index contributed by atoms with van der Waals surface area (Å²) in [6.07, 6.45) is 14.3. The van der Waals surface area contributed by atoms with E-state index in [1.165, 1.54) is 57.8 Å². The van der Waals surface area contributed by atoms with Crippen molar-refractivity contribution in [1.29, 1.82) is 0 Å². The summed E-state index contributed by atoms with van der Waals surface area (Å²) in [5, 5.41) is 9.01. The van der Waals surface area contributed by atoms with Crippen LogP contribution in [0.3, 0.4) is 0 Å². The highest BCUT2D eigenvalue weighted by molar-refractivity contribution is 5.69. The number of hydrogen-bond acceptors (Lipinski definition) is 4. The third-order valence-electron chi connectivity index (χ3n) is 4.04. The van der Waals surface area contributed by atoms with Crippen LogP contribution < -0.4 is 0 Å². The first-order valence-corrected chi connectivity index (χ1v) is 9.14. The smallest absolute Gasteiger partial charge is 0.305 e. The average molecular weight is 314 g/mol. The van der Waals surface area contributed by atoms with Crippen LogP contribution in [0.15, 0.2) is 0 Å². The van der Waals surface area contributed by atoms with Crippen LogP contribution in [-0.4, -0.2) is 36.5 Å². The molecule has 1 heterocycles. The number of rotatable bonds is 15. The molecule has 1 N–H and O–H groups in total. The van der Waals surface area contributed by atoms with Gasteiger partial charge in [0, 0.05) is 6.42 Å². The number of epoxide rings is 1. The third-order valence-corrected chi connectivity index (χ3v) is 4.04. The van der Waals surface area contributed by atoms with Gasteiger partial charge in [0.05, 0.1) is 18.8 Å². The Balaban J connectivity index is 1.69. The van der Waals surface area contributed by atoms with Gasteiger partial charge in [-0.25, -0.2) is 0 Å². The zero-order valence-electron chi connectivity index (χ0n) is 14.2. The van der Waals surface area contributed by atoms with E-state index in [4.69, 9.17) is 14.6 Å². The van der Waals surface area contributed by atoms with E-state index in [9.17, 15) is 4.79 Å². The summed E-state index contributed by atoms with van der Waals surface area (Å²) < 4.78 is 10.1. The lowest BCUT2D eigenvalue weighted by Crippen LogP contribution is -2.14. The summed E-state index contributed by atoms with van der Waals surface area (Å²) in [5.74, 6) is -0.183. The Hall–Kier alpha value is -0.610. The molecule has 1 aliphatic heterocycles. The molecule has 22 heavy (non-hydrogen) atoms. The minimum Gasteiger partial charge on any atom is -0.463 e. The molecule has 4 nitrogen and oxygen atoms in total. The first-order chi connectivity index (χ1) is 10.7. The number of carbonyl (C=O) groups excluding carboxylic acids is 1. The first-order valence-electron chi connectivity index (χ1n) is 9.14. The highest BCUT2D eigenvalue weighted by Crippen LogP contribution is 2.18. The lowest BCUT2D eigenvalue weighted by molar-refractivity contribution is -0.146. The highest BCUT2D eigenvalue weighted by atomic mass is 16.6. The summed E-state index contributed by atoms with van der Waals surface area (Å²) >= 11 is 0. The molecule has 2 unspecified atom stereocenters. The Kier molecular flexibility index (Phi) is 11.4. The van der Waals surface area contributed by atoms with E-state index in [2.05, 4.69) is 0 Å². The summed E-state index contributed by atoms with van der Waals surface area (Å²) in [6, 6.07) is 0. The van der Waals surface area contributed by atoms with Crippen molar-refractivity contribution in [2.24, 2.45) is 0 Å². The van der Waals surface area contributed by atoms with Gasteiger partial charge in [-0.3, -0.25) is 4.79 Å². The predicted octanol–water partition coefficient (Wildman–Crippen LogP) is 3.99. The zero-order chi connectivity index (χ0) is 16.0. The minimum atomic E-state index is -0.564. The summed E-state index contributed by atoms with van der Waals surface area (Å²) in [5.41, 5.74) is 0. The van der Waals surface area contributed by atoms with Crippen LogP contribution in [0, 0.1) is 0 Å². The van der Waals surface area contributed by atoms with Gasteiger partial charge in [-0.2, -0.15) is 0 Å². The van der Waals surface area contributed by atoms with Crippen LogP contribution >= 0.6 is 0 Å². The number of aliphatic hydroxyl groups excluding tert-OH is 1. The molecule has 0 spiro atoms. The summed E-state index contributed by atoms with van der Waals surface area (Å²) in [4.78, 5) is 11.3. The van der Waals surface area contributed by atoms with Crippen molar-refractivity contribution >= 4 is 5.97 Å². The SMILES string of the molecule is CC(O)COC(=O)CCCCCCCCCCCCC1CO1. The van der Waals surface area contributed by atoms with Gasteiger partial charge >= 0.3 is 5.97 Å². The lowest BCUT2D eigenvalue weighted by atomic mass is 10.0. The summed E-state index contributed by atoms with van der Waals surface area (Å²) in [7, 11) is 0. The second-order valence-electron chi connectivity index (χ2n) is 6.56. The van der Waals surface area contributed by atoms with E-state index in [0.717, 1.165) is 19.4 Å². The van der Waals surface area contributed by atoms with Crippen LogP contribution in [0.25, 0.3) is 0 Å². The van der Waals surface area contributed by atoms with Crippen LogP contribution in [0.2, 0.25) is 0 Å². The maximum Gasteiger partial charge on any atom is 0.305 e. The molecule has 1 saturated heterocycles. The first kappa shape index (κ1) is 19.4. The lowest BCUT2D eigenvalue weighted by Gasteiger charge is -2.06. The second-order valence-corrected chi connectivity index (χ2v) is 6.56. The van der Waals surface area contributed by atoms with Gasteiger partial charge in [0.15, 0.2) is 0 Å². The molecule has 130 valence electrons.